The molecule has 0 spiro atoms. The Bertz CT molecular complexity index is 1780. The van der Waals surface area contributed by atoms with E-state index in [9.17, 15) is 29.1 Å². The molecule has 4 aliphatic rings. The van der Waals surface area contributed by atoms with Crippen LogP contribution >= 0.6 is 0 Å². The molecule has 1 saturated heterocycles. The van der Waals surface area contributed by atoms with E-state index in [-0.39, 0.29) is 30.2 Å². The van der Waals surface area contributed by atoms with Gasteiger partial charge in [0.25, 0.3) is 0 Å². The lowest BCUT2D eigenvalue weighted by molar-refractivity contribution is -0.138. The number of benzene rings is 3. The van der Waals surface area contributed by atoms with E-state index in [1.54, 1.807) is 36.4 Å². The summed E-state index contributed by atoms with van der Waals surface area (Å²) in [7, 11) is 1.12. The number of ketones is 2. The predicted octanol–water partition coefficient (Wildman–Crippen LogP) is 4.98. The van der Waals surface area contributed by atoms with Crippen LogP contribution < -0.4 is 0 Å². The monoisotopic (exact) mass is 587 g/mol. The normalized spacial score (nSPS) is 29.3. The van der Waals surface area contributed by atoms with Gasteiger partial charge in [-0.15, -0.1) is 0 Å². The van der Waals surface area contributed by atoms with Gasteiger partial charge in [0.2, 0.25) is 11.8 Å². The van der Waals surface area contributed by atoms with E-state index in [2.05, 4.69) is 0 Å². The van der Waals surface area contributed by atoms with Gasteiger partial charge in [-0.3, -0.25) is 19.2 Å². The molecule has 1 aliphatic heterocycles. The van der Waals surface area contributed by atoms with Crippen molar-refractivity contribution in [2.24, 2.45) is 23.7 Å². The average Bonchev–Trinajstić information content (AvgIpc) is 3.31. The molecule has 3 aromatic rings. The number of aromatic hydroxyl groups is 1. The predicted molar refractivity (Wildman–Crippen MR) is 159 cm³/mol. The Morgan fingerprint density at radius 2 is 1.52 bits per heavy atom. The fourth-order valence-corrected chi connectivity index (χ4v) is 8.19. The zero-order valence-corrected chi connectivity index (χ0v) is 23.9. The quantitative estimate of drug-likeness (QED) is 0.339. The van der Waals surface area contributed by atoms with Crippen molar-refractivity contribution in [1.29, 1.82) is 0 Å². The van der Waals surface area contributed by atoms with Crippen molar-refractivity contribution in [2.45, 2.75) is 24.2 Å². The van der Waals surface area contributed by atoms with E-state index in [4.69, 9.17) is 4.74 Å². The van der Waals surface area contributed by atoms with Gasteiger partial charge in [-0.1, -0.05) is 84.4 Å². The van der Waals surface area contributed by atoms with E-state index in [0.717, 1.165) is 12.7 Å². The van der Waals surface area contributed by atoms with Crippen LogP contribution in [0, 0.1) is 23.7 Å². The van der Waals surface area contributed by atoms with Crippen LogP contribution in [0.15, 0.2) is 103 Å². The molecule has 3 aliphatic carbocycles. The number of likely N-dealkylation sites (tertiary alicyclic amines) is 1. The molecule has 6 atom stereocenters. The number of hydrogen-bond donors (Lipinski definition) is 1. The van der Waals surface area contributed by atoms with E-state index in [1.165, 1.54) is 6.08 Å². The van der Waals surface area contributed by atoms with Crippen molar-refractivity contribution in [2.75, 3.05) is 7.11 Å². The Morgan fingerprint density at radius 1 is 0.864 bits per heavy atom. The van der Waals surface area contributed by atoms with Crippen LogP contribution in [0.3, 0.4) is 0 Å². The Labute approximate surface area is 253 Å². The first kappa shape index (κ1) is 27.7. The number of amides is 3. The number of nitrogens with zero attached hydrogens (tertiary/aromatic N) is 1. The number of hydrogen-bond acceptors (Lipinski definition) is 7. The summed E-state index contributed by atoms with van der Waals surface area (Å²) < 4.78 is 4.77. The molecule has 3 amide bonds. The number of allylic oxidation sites excluding steroid dienone is 4. The van der Waals surface area contributed by atoms with Gasteiger partial charge in [0.15, 0.2) is 11.6 Å². The van der Waals surface area contributed by atoms with E-state index in [1.807, 2.05) is 54.6 Å². The van der Waals surface area contributed by atoms with Gasteiger partial charge in [0.05, 0.1) is 24.4 Å². The van der Waals surface area contributed by atoms with Crippen molar-refractivity contribution < 1.29 is 33.8 Å². The Kier molecular flexibility index (Phi) is 6.46. The molecule has 0 bridgehead atoms. The van der Waals surface area contributed by atoms with Crippen molar-refractivity contribution in [3.63, 3.8) is 0 Å². The molecule has 1 heterocycles. The number of imide groups is 3. The van der Waals surface area contributed by atoms with E-state index < -0.39 is 52.9 Å². The van der Waals surface area contributed by atoms with Crippen LogP contribution in [0.5, 0.6) is 5.75 Å². The molecule has 2 fully saturated rings. The van der Waals surface area contributed by atoms with Gasteiger partial charge >= 0.3 is 6.09 Å². The van der Waals surface area contributed by atoms with Gasteiger partial charge in [-0.05, 0) is 53.7 Å². The Morgan fingerprint density at radius 3 is 2.18 bits per heavy atom. The van der Waals surface area contributed by atoms with Gasteiger partial charge in [-0.25, -0.2) is 4.79 Å². The highest BCUT2D eigenvalue weighted by Crippen LogP contribution is 2.63. The van der Waals surface area contributed by atoms with E-state index >= 15 is 0 Å². The smallest absolute Gasteiger partial charge is 0.423 e. The molecule has 8 heteroatoms. The standard InChI is InChI=1S/C36H29NO7/c1-44-35(43)37-33(41)25-17-16-24-27(30(25)34(37)42)18-28-32(40)26(20-8-4-2-5-9-20)19-29(39)36(28,22-10-6-3-7-11-22)31(24)21-12-14-23(38)15-13-21/h2-16,19,25,27-28,30-31,38H,17-18H2,1H3/t25-,27+,28-,30-,31-,36-/m0/s1. The summed E-state index contributed by atoms with van der Waals surface area (Å²) in [4.78, 5) is 69.8. The highest BCUT2D eigenvalue weighted by Gasteiger charge is 2.66. The highest BCUT2D eigenvalue weighted by molar-refractivity contribution is 6.31. The Hall–Kier alpha value is -5.11. The molecule has 0 aromatic heterocycles. The molecule has 7 rings (SSSR count). The number of phenolic OH excluding ortho intramolecular Hbond substituents is 1. The summed E-state index contributed by atoms with van der Waals surface area (Å²) in [5.41, 5.74) is 1.74. The summed E-state index contributed by atoms with van der Waals surface area (Å²) in [6.07, 6.45) is 2.69. The fraction of sp³-hybridized carbons (Fsp3) is 0.250. The molecule has 0 radical (unpaired) electrons. The molecule has 44 heavy (non-hydrogen) atoms. The third-order valence-electron chi connectivity index (χ3n) is 9.96. The lowest BCUT2D eigenvalue weighted by atomic mass is 9.44. The molecule has 0 unspecified atom stereocenters. The van der Waals surface area contributed by atoms with Gasteiger partial charge < -0.3 is 9.84 Å². The first-order chi connectivity index (χ1) is 21.3. The second-order valence-electron chi connectivity index (χ2n) is 11.9. The summed E-state index contributed by atoms with van der Waals surface area (Å²) in [5, 5.41) is 10.2. The number of Topliss-reactive ketones (excluding diaryl/α,β-unsaturated/α-hetero) is 1. The Balaban J connectivity index is 1.49. The lowest BCUT2D eigenvalue weighted by Crippen LogP contribution is -2.58. The second-order valence-corrected chi connectivity index (χ2v) is 11.9. The van der Waals surface area contributed by atoms with Gasteiger partial charge in [-0.2, -0.15) is 4.90 Å². The average molecular weight is 588 g/mol. The molecule has 220 valence electrons. The minimum absolute atomic E-state index is 0.0479. The van der Waals surface area contributed by atoms with Crippen molar-refractivity contribution in [3.05, 3.63) is 119 Å². The number of carbonyl (C=O) groups excluding carboxylic acids is 5. The summed E-state index contributed by atoms with van der Waals surface area (Å²) in [5.74, 6) is -5.47. The third-order valence-corrected chi connectivity index (χ3v) is 9.96. The molecule has 8 nitrogen and oxygen atoms in total. The van der Waals surface area contributed by atoms with Gasteiger partial charge in [0, 0.05) is 17.4 Å². The minimum Gasteiger partial charge on any atom is -0.508 e. The first-order valence-corrected chi connectivity index (χ1v) is 14.6. The number of phenols is 1. The zero-order chi connectivity index (χ0) is 30.7. The molecule has 1 N–H and O–H groups in total. The maximum atomic E-state index is 14.8. The molecular weight excluding hydrogens is 558 g/mol. The van der Waals surface area contributed by atoms with Gasteiger partial charge in [0.1, 0.15) is 5.75 Å². The summed E-state index contributed by atoms with van der Waals surface area (Å²) >= 11 is 0. The lowest BCUT2D eigenvalue weighted by Gasteiger charge is -2.55. The fourth-order valence-electron chi connectivity index (χ4n) is 8.19. The van der Waals surface area contributed by atoms with Crippen LogP contribution in [0.4, 0.5) is 4.79 Å². The summed E-state index contributed by atoms with van der Waals surface area (Å²) in [6, 6.07) is 24.9. The van der Waals surface area contributed by atoms with E-state index in [0.29, 0.717) is 27.2 Å². The topological polar surface area (TPSA) is 118 Å². The molecular formula is C36H29NO7. The third kappa shape index (κ3) is 3.80. The van der Waals surface area contributed by atoms with Crippen LogP contribution in [0.1, 0.15) is 35.4 Å². The molecule has 1 saturated carbocycles. The minimum atomic E-state index is -1.35. The number of carbonyl (C=O) groups is 5. The van der Waals surface area contributed by atoms with Crippen LogP contribution in [0.2, 0.25) is 0 Å². The number of rotatable bonds is 3. The van der Waals surface area contributed by atoms with Crippen molar-refractivity contribution in [3.8, 4) is 5.75 Å². The first-order valence-electron chi connectivity index (χ1n) is 14.6. The van der Waals surface area contributed by atoms with Crippen LogP contribution in [-0.4, -0.2) is 46.6 Å². The highest BCUT2D eigenvalue weighted by atomic mass is 16.5. The molecule has 3 aromatic carbocycles. The zero-order valence-electron chi connectivity index (χ0n) is 23.9. The second kappa shape index (κ2) is 10.3. The maximum Gasteiger partial charge on any atom is 0.423 e. The number of fused-ring (bicyclic) bond motifs is 4. The van der Waals surface area contributed by atoms with Crippen molar-refractivity contribution in [1.82, 2.24) is 4.90 Å². The van der Waals surface area contributed by atoms with Crippen molar-refractivity contribution >= 4 is 35.0 Å². The summed E-state index contributed by atoms with van der Waals surface area (Å²) in [6.45, 7) is 0. The number of methoxy groups -OCH3 is 1. The SMILES string of the molecule is COC(=O)N1C(=O)[C@H]2[C@H](CC=C3[C@H]2C[C@H]2C(=O)C(c4ccccc4)=CC(=O)[C@@]2(c2ccccc2)[C@H]3c2ccc(O)cc2)C1=O. The van der Waals surface area contributed by atoms with Crippen LogP contribution in [0.25, 0.3) is 5.57 Å². The largest absolute Gasteiger partial charge is 0.508 e. The maximum absolute atomic E-state index is 14.8. The van der Waals surface area contributed by atoms with Crippen LogP contribution in [-0.2, 0) is 29.3 Å². The number of ether oxygens (including phenoxy) is 1.